The maximum Gasteiger partial charge on any atom is 0.252 e. The third-order valence-electron chi connectivity index (χ3n) is 2.61. The molecule has 1 amide bonds. The van der Waals surface area contributed by atoms with Crippen LogP contribution >= 0.6 is 0 Å². The van der Waals surface area contributed by atoms with Crippen LogP contribution in [0.1, 0.15) is 26.7 Å². The topological polar surface area (TPSA) is 96.9 Å². The van der Waals surface area contributed by atoms with E-state index in [9.17, 15) is 4.79 Å². The first-order chi connectivity index (χ1) is 6.99. The van der Waals surface area contributed by atoms with Crippen molar-refractivity contribution in [2.45, 2.75) is 38.3 Å². The normalized spacial score (nSPS) is 28.8. The third kappa shape index (κ3) is 2.59. The van der Waals surface area contributed by atoms with Gasteiger partial charge in [0.15, 0.2) is 5.84 Å². The zero-order chi connectivity index (χ0) is 11.5. The van der Waals surface area contributed by atoms with E-state index in [0.717, 1.165) is 6.42 Å². The molecular weight excluding hydrogens is 198 g/mol. The summed E-state index contributed by atoms with van der Waals surface area (Å²) in [6, 6.07) is -0.497. The second-order valence-electron chi connectivity index (χ2n) is 3.90. The SMILES string of the molecule is CC(NC(=O)C1(C)CCCO1)C(N)=NO. The van der Waals surface area contributed by atoms with Crippen LogP contribution in [0.25, 0.3) is 0 Å². The Labute approximate surface area is 88.5 Å². The van der Waals surface area contributed by atoms with Crippen LogP contribution in [0.15, 0.2) is 5.16 Å². The Morgan fingerprint density at radius 3 is 2.87 bits per heavy atom. The number of carbonyl (C=O) groups excluding carboxylic acids is 1. The molecule has 0 saturated carbocycles. The predicted molar refractivity (Wildman–Crippen MR) is 54.6 cm³/mol. The largest absolute Gasteiger partial charge is 0.409 e. The molecule has 15 heavy (non-hydrogen) atoms. The zero-order valence-corrected chi connectivity index (χ0v) is 8.99. The zero-order valence-electron chi connectivity index (χ0n) is 8.99. The lowest BCUT2D eigenvalue weighted by molar-refractivity contribution is -0.139. The minimum absolute atomic E-state index is 0.0232. The summed E-state index contributed by atoms with van der Waals surface area (Å²) < 4.78 is 5.36. The van der Waals surface area contributed by atoms with Gasteiger partial charge in [0, 0.05) is 6.61 Å². The molecule has 0 spiro atoms. The van der Waals surface area contributed by atoms with Gasteiger partial charge in [-0.1, -0.05) is 5.16 Å². The van der Waals surface area contributed by atoms with E-state index < -0.39 is 11.6 Å². The fraction of sp³-hybridized carbons (Fsp3) is 0.778. The first kappa shape index (κ1) is 11.8. The molecular formula is C9H17N3O3. The number of amides is 1. The van der Waals surface area contributed by atoms with Crippen molar-refractivity contribution in [3.63, 3.8) is 0 Å². The fourth-order valence-corrected chi connectivity index (χ4v) is 1.47. The Balaban J connectivity index is 2.55. The van der Waals surface area contributed by atoms with Gasteiger partial charge in [-0.3, -0.25) is 4.79 Å². The van der Waals surface area contributed by atoms with Crippen LogP contribution in [0.4, 0.5) is 0 Å². The van der Waals surface area contributed by atoms with Crippen LogP contribution in [0, 0.1) is 0 Å². The van der Waals surface area contributed by atoms with Crippen molar-refractivity contribution in [3.8, 4) is 0 Å². The summed E-state index contributed by atoms with van der Waals surface area (Å²) in [7, 11) is 0. The summed E-state index contributed by atoms with van der Waals surface area (Å²) in [5, 5.41) is 13.9. The van der Waals surface area contributed by atoms with E-state index in [-0.39, 0.29) is 11.7 Å². The Morgan fingerprint density at radius 1 is 1.73 bits per heavy atom. The average Bonchev–Trinajstić information content (AvgIpc) is 2.65. The average molecular weight is 215 g/mol. The number of nitrogens with one attached hydrogen (secondary N) is 1. The minimum atomic E-state index is -0.774. The summed E-state index contributed by atoms with van der Waals surface area (Å²) in [6.45, 7) is 3.99. The van der Waals surface area contributed by atoms with Crippen LogP contribution in [-0.4, -0.2) is 35.2 Å². The van der Waals surface area contributed by atoms with Crippen molar-refractivity contribution in [3.05, 3.63) is 0 Å². The Bertz CT molecular complexity index is 272. The van der Waals surface area contributed by atoms with E-state index in [2.05, 4.69) is 10.5 Å². The molecule has 0 aliphatic carbocycles. The lowest BCUT2D eigenvalue weighted by atomic mass is 10.0. The molecule has 1 heterocycles. The maximum absolute atomic E-state index is 11.8. The van der Waals surface area contributed by atoms with Crippen LogP contribution in [-0.2, 0) is 9.53 Å². The molecule has 1 rings (SSSR count). The molecule has 0 aromatic rings. The van der Waals surface area contributed by atoms with Crippen molar-refractivity contribution in [2.75, 3.05) is 6.61 Å². The number of nitrogens with zero attached hydrogens (tertiary/aromatic N) is 1. The van der Waals surface area contributed by atoms with Gasteiger partial charge >= 0.3 is 0 Å². The van der Waals surface area contributed by atoms with Gasteiger partial charge < -0.3 is 21.0 Å². The number of amidine groups is 1. The van der Waals surface area contributed by atoms with Crippen molar-refractivity contribution in [1.29, 1.82) is 0 Å². The van der Waals surface area contributed by atoms with Crippen molar-refractivity contribution < 1.29 is 14.7 Å². The minimum Gasteiger partial charge on any atom is -0.409 e. The summed E-state index contributed by atoms with van der Waals surface area (Å²) in [6.07, 6.45) is 1.57. The molecule has 2 unspecified atom stereocenters. The molecule has 2 atom stereocenters. The van der Waals surface area contributed by atoms with Crippen molar-refractivity contribution in [1.82, 2.24) is 5.32 Å². The Morgan fingerprint density at radius 2 is 2.40 bits per heavy atom. The van der Waals surface area contributed by atoms with Crippen LogP contribution < -0.4 is 11.1 Å². The lowest BCUT2D eigenvalue weighted by Gasteiger charge is -2.24. The monoisotopic (exact) mass is 215 g/mol. The molecule has 6 heteroatoms. The molecule has 1 aliphatic rings. The Hall–Kier alpha value is -1.30. The lowest BCUT2D eigenvalue weighted by Crippen LogP contribution is -2.51. The molecule has 1 saturated heterocycles. The molecule has 6 nitrogen and oxygen atoms in total. The number of oxime groups is 1. The number of rotatable bonds is 3. The van der Waals surface area contributed by atoms with E-state index in [1.165, 1.54) is 0 Å². The molecule has 1 aliphatic heterocycles. The van der Waals surface area contributed by atoms with Gasteiger partial charge in [0.25, 0.3) is 5.91 Å². The summed E-state index contributed by atoms with van der Waals surface area (Å²) in [5.74, 6) is -0.246. The third-order valence-corrected chi connectivity index (χ3v) is 2.61. The van der Waals surface area contributed by atoms with E-state index in [0.29, 0.717) is 13.0 Å². The smallest absolute Gasteiger partial charge is 0.252 e. The van der Waals surface area contributed by atoms with Gasteiger partial charge in [-0.2, -0.15) is 0 Å². The highest BCUT2D eigenvalue weighted by atomic mass is 16.5. The van der Waals surface area contributed by atoms with Gasteiger partial charge in [0.05, 0.1) is 6.04 Å². The first-order valence-electron chi connectivity index (χ1n) is 4.92. The molecule has 0 bridgehead atoms. The molecule has 0 aromatic carbocycles. The fourth-order valence-electron chi connectivity index (χ4n) is 1.47. The molecule has 1 fully saturated rings. The summed E-state index contributed by atoms with van der Waals surface area (Å²) in [4.78, 5) is 11.8. The number of carbonyl (C=O) groups is 1. The van der Waals surface area contributed by atoms with E-state index in [1.54, 1.807) is 13.8 Å². The quantitative estimate of drug-likeness (QED) is 0.263. The maximum atomic E-state index is 11.8. The highest BCUT2D eigenvalue weighted by molar-refractivity contribution is 5.92. The highest BCUT2D eigenvalue weighted by Gasteiger charge is 2.38. The van der Waals surface area contributed by atoms with Crippen LogP contribution in [0.2, 0.25) is 0 Å². The van der Waals surface area contributed by atoms with Gasteiger partial charge in [-0.15, -0.1) is 0 Å². The molecule has 0 aromatic heterocycles. The second kappa shape index (κ2) is 4.48. The van der Waals surface area contributed by atoms with Crippen molar-refractivity contribution >= 4 is 11.7 Å². The van der Waals surface area contributed by atoms with Crippen LogP contribution in [0.3, 0.4) is 0 Å². The van der Waals surface area contributed by atoms with Gasteiger partial charge in [0.2, 0.25) is 0 Å². The van der Waals surface area contributed by atoms with Crippen LogP contribution in [0.5, 0.6) is 0 Å². The van der Waals surface area contributed by atoms with E-state index >= 15 is 0 Å². The first-order valence-corrected chi connectivity index (χ1v) is 4.92. The highest BCUT2D eigenvalue weighted by Crippen LogP contribution is 2.25. The van der Waals surface area contributed by atoms with E-state index in [1.807, 2.05) is 0 Å². The second-order valence-corrected chi connectivity index (χ2v) is 3.90. The number of nitrogens with two attached hydrogens (primary N) is 1. The van der Waals surface area contributed by atoms with Gasteiger partial charge in [0.1, 0.15) is 5.60 Å². The van der Waals surface area contributed by atoms with Gasteiger partial charge in [-0.25, -0.2) is 0 Å². The molecule has 86 valence electrons. The summed E-state index contributed by atoms with van der Waals surface area (Å²) >= 11 is 0. The number of hydrogen-bond acceptors (Lipinski definition) is 4. The molecule has 4 N–H and O–H groups in total. The number of ether oxygens (including phenoxy) is 1. The van der Waals surface area contributed by atoms with E-state index in [4.69, 9.17) is 15.7 Å². The number of hydrogen-bond donors (Lipinski definition) is 3. The molecule has 0 radical (unpaired) electrons. The van der Waals surface area contributed by atoms with Gasteiger partial charge in [-0.05, 0) is 26.7 Å². The standard InChI is InChI=1S/C9H17N3O3/c1-6(7(10)12-14)11-8(13)9(2)4-3-5-15-9/h6,14H,3-5H2,1-2H3,(H2,10,12)(H,11,13). The Kier molecular flexibility index (Phi) is 3.52. The van der Waals surface area contributed by atoms with Crippen molar-refractivity contribution in [2.24, 2.45) is 10.9 Å². The predicted octanol–water partition coefficient (Wildman–Crippen LogP) is -0.193. The summed E-state index contributed by atoms with van der Waals surface area (Å²) in [5.41, 5.74) is 4.58.